The highest BCUT2D eigenvalue weighted by molar-refractivity contribution is 7.92. The van der Waals surface area contributed by atoms with Crippen molar-refractivity contribution in [2.24, 2.45) is 5.92 Å². The van der Waals surface area contributed by atoms with Crippen LogP contribution >= 0.6 is 0 Å². The third-order valence-electron chi connectivity index (χ3n) is 6.28. The van der Waals surface area contributed by atoms with E-state index in [9.17, 15) is 17.6 Å². The van der Waals surface area contributed by atoms with Gasteiger partial charge in [0, 0.05) is 30.6 Å². The summed E-state index contributed by atoms with van der Waals surface area (Å²) in [6, 6.07) is 9.49. The van der Waals surface area contributed by atoms with Crippen LogP contribution in [0.3, 0.4) is 0 Å². The first-order valence-electron chi connectivity index (χ1n) is 12.2. The summed E-state index contributed by atoms with van der Waals surface area (Å²) in [6.07, 6.45) is 3.55. The SMILES string of the molecule is CCCCN(c1cc2oc(-c3ccc(F)cc3)c(C(=O)NC)c2cc1C1CC1)S(=O)(=O)CC(C)C. The lowest BCUT2D eigenvalue weighted by atomic mass is 10.0. The monoisotopic (exact) mass is 500 g/mol. The number of hydrogen-bond donors (Lipinski definition) is 1. The summed E-state index contributed by atoms with van der Waals surface area (Å²) in [5.74, 6) is -0.0653. The van der Waals surface area contributed by atoms with Crippen molar-refractivity contribution in [2.45, 2.75) is 52.4 Å². The van der Waals surface area contributed by atoms with Crippen LogP contribution in [-0.2, 0) is 10.0 Å². The molecule has 0 unspecified atom stereocenters. The Morgan fingerprint density at radius 3 is 2.46 bits per heavy atom. The van der Waals surface area contributed by atoms with Gasteiger partial charge in [-0.15, -0.1) is 0 Å². The number of unbranched alkanes of at least 4 members (excludes halogenated alkanes) is 1. The Morgan fingerprint density at radius 1 is 1.20 bits per heavy atom. The first kappa shape index (κ1) is 25.2. The highest BCUT2D eigenvalue weighted by Gasteiger charge is 2.34. The van der Waals surface area contributed by atoms with Gasteiger partial charge in [-0.1, -0.05) is 27.2 Å². The van der Waals surface area contributed by atoms with Crippen molar-refractivity contribution in [1.82, 2.24) is 5.32 Å². The second-order valence-corrected chi connectivity index (χ2v) is 11.6. The van der Waals surface area contributed by atoms with Crippen LogP contribution in [0.15, 0.2) is 40.8 Å². The number of halogens is 1. The Hall–Kier alpha value is -2.87. The van der Waals surface area contributed by atoms with Crippen molar-refractivity contribution < 1.29 is 22.0 Å². The van der Waals surface area contributed by atoms with Crippen LogP contribution in [-0.4, -0.2) is 33.7 Å². The summed E-state index contributed by atoms with van der Waals surface area (Å²) < 4.78 is 48.2. The molecular formula is C27H33FN2O4S. The van der Waals surface area contributed by atoms with Gasteiger partial charge in [0.25, 0.3) is 5.91 Å². The van der Waals surface area contributed by atoms with Crippen LogP contribution < -0.4 is 9.62 Å². The molecule has 35 heavy (non-hydrogen) atoms. The molecule has 6 nitrogen and oxygen atoms in total. The smallest absolute Gasteiger partial charge is 0.255 e. The zero-order chi connectivity index (χ0) is 25.3. The molecule has 1 heterocycles. The number of fused-ring (bicyclic) bond motifs is 1. The number of nitrogens with one attached hydrogen (secondary N) is 1. The lowest BCUT2D eigenvalue weighted by molar-refractivity contribution is 0.0964. The maximum atomic E-state index is 13.6. The van der Waals surface area contributed by atoms with Crippen LogP contribution in [0.5, 0.6) is 0 Å². The molecule has 1 amide bonds. The number of nitrogens with zero attached hydrogens (tertiary/aromatic N) is 1. The molecule has 2 aromatic carbocycles. The minimum absolute atomic E-state index is 0.00854. The highest BCUT2D eigenvalue weighted by Crippen LogP contribution is 2.48. The van der Waals surface area contributed by atoms with Crippen molar-refractivity contribution in [3.8, 4) is 11.3 Å². The molecule has 1 saturated carbocycles. The molecule has 1 fully saturated rings. The highest BCUT2D eigenvalue weighted by atomic mass is 32.2. The maximum absolute atomic E-state index is 13.6. The Bertz CT molecular complexity index is 1330. The Kier molecular flexibility index (Phi) is 7.22. The topological polar surface area (TPSA) is 79.6 Å². The first-order valence-corrected chi connectivity index (χ1v) is 13.9. The van der Waals surface area contributed by atoms with Gasteiger partial charge in [0.15, 0.2) is 0 Å². The van der Waals surface area contributed by atoms with Crippen molar-refractivity contribution in [1.29, 1.82) is 0 Å². The van der Waals surface area contributed by atoms with Gasteiger partial charge in [-0.25, -0.2) is 12.8 Å². The molecule has 188 valence electrons. The fourth-order valence-corrected chi connectivity index (χ4v) is 6.35. The molecule has 0 bridgehead atoms. The normalized spacial score (nSPS) is 14.0. The van der Waals surface area contributed by atoms with Gasteiger partial charge in [0.2, 0.25) is 10.0 Å². The number of hydrogen-bond acceptors (Lipinski definition) is 4. The fourth-order valence-electron chi connectivity index (χ4n) is 4.46. The largest absolute Gasteiger partial charge is 0.455 e. The van der Waals surface area contributed by atoms with E-state index in [-0.39, 0.29) is 29.3 Å². The molecule has 0 spiro atoms. The van der Waals surface area contributed by atoms with Gasteiger partial charge < -0.3 is 9.73 Å². The number of sulfonamides is 1. The average Bonchev–Trinajstić information content (AvgIpc) is 3.58. The van der Waals surface area contributed by atoms with E-state index in [1.807, 2.05) is 26.8 Å². The molecule has 0 atom stereocenters. The summed E-state index contributed by atoms with van der Waals surface area (Å²) in [6.45, 7) is 6.23. The van der Waals surface area contributed by atoms with Gasteiger partial charge in [-0.05, 0) is 67.0 Å². The van der Waals surface area contributed by atoms with E-state index in [1.54, 1.807) is 29.6 Å². The third kappa shape index (κ3) is 5.22. The standard InChI is InChI=1S/C27H33FN2O4S/c1-5-6-13-30(35(32,33)16-17(2)3)23-15-24-22(14-21(23)18-7-8-18)25(27(31)29-4)26(34-24)19-9-11-20(28)12-10-19/h9-12,14-15,17-18H,5-8,13,16H2,1-4H3,(H,29,31). The second-order valence-electron chi connectivity index (χ2n) is 9.67. The summed E-state index contributed by atoms with van der Waals surface area (Å²) >= 11 is 0. The molecular weight excluding hydrogens is 467 g/mol. The number of benzene rings is 2. The van der Waals surface area contributed by atoms with E-state index in [4.69, 9.17) is 4.42 Å². The van der Waals surface area contributed by atoms with Gasteiger partial charge in [0.1, 0.15) is 17.2 Å². The molecule has 8 heteroatoms. The molecule has 1 N–H and O–H groups in total. The predicted molar refractivity (Wildman–Crippen MR) is 138 cm³/mol. The number of carbonyl (C=O) groups excluding carboxylic acids is 1. The number of carbonyl (C=O) groups is 1. The van der Waals surface area contributed by atoms with Crippen molar-refractivity contribution in [3.63, 3.8) is 0 Å². The molecule has 3 aromatic rings. The fraction of sp³-hybridized carbons (Fsp3) is 0.444. The summed E-state index contributed by atoms with van der Waals surface area (Å²) in [4.78, 5) is 12.9. The van der Waals surface area contributed by atoms with E-state index in [0.29, 0.717) is 40.1 Å². The predicted octanol–water partition coefficient (Wildman–Crippen LogP) is 6.07. The molecule has 1 aromatic heterocycles. The molecule has 4 rings (SSSR count). The minimum atomic E-state index is -3.55. The van der Waals surface area contributed by atoms with E-state index in [0.717, 1.165) is 31.2 Å². The third-order valence-corrected chi connectivity index (χ3v) is 8.42. The Balaban J connectivity index is 1.95. The van der Waals surface area contributed by atoms with E-state index in [2.05, 4.69) is 5.32 Å². The van der Waals surface area contributed by atoms with Crippen LogP contribution in [0.2, 0.25) is 0 Å². The van der Waals surface area contributed by atoms with Crippen molar-refractivity contribution in [3.05, 3.63) is 53.3 Å². The van der Waals surface area contributed by atoms with E-state index < -0.39 is 10.0 Å². The molecule has 0 saturated heterocycles. The van der Waals surface area contributed by atoms with Crippen LogP contribution in [0.4, 0.5) is 10.1 Å². The maximum Gasteiger partial charge on any atom is 0.255 e. The Labute approximate surface area is 206 Å². The van der Waals surface area contributed by atoms with Crippen LogP contribution in [0, 0.1) is 11.7 Å². The van der Waals surface area contributed by atoms with E-state index >= 15 is 0 Å². The van der Waals surface area contributed by atoms with Gasteiger partial charge >= 0.3 is 0 Å². The van der Waals surface area contributed by atoms with E-state index in [1.165, 1.54) is 12.1 Å². The van der Waals surface area contributed by atoms with Crippen molar-refractivity contribution in [2.75, 3.05) is 23.7 Å². The lowest BCUT2D eigenvalue weighted by Crippen LogP contribution is -2.36. The molecule has 0 radical (unpaired) electrons. The minimum Gasteiger partial charge on any atom is -0.455 e. The van der Waals surface area contributed by atoms with Crippen molar-refractivity contribution >= 4 is 32.6 Å². The van der Waals surface area contributed by atoms with Crippen LogP contribution in [0.1, 0.15) is 68.3 Å². The zero-order valence-corrected chi connectivity index (χ0v) is 21.5. The lowest BCUT2D eigenvalue weighted by Gasteiger charge is -2.27. The number of rotatable bonds is 10. The summed E-state index contributed by atoms with van der Waals surface area (Å²) in [5, 5.41) is 3.31. The summed E-state index contributed by atoms with van der Waals surface area (Å²) in [7, 11) is -2.00. The average molecular weight is 501 g/mol. The molecule has 1 aliphatic carbocycles. The number of anilines is 1. The Morgan fingerprint density at radius 2 is 1.89 bits per heavy atom. The van der Waals surface area contributed by atoms with Gasteiger partial charge in [-0.2, -0.15) is 0 Å². The number of furan rings is 1. The van der Waals surface area contributed by atoms with Gasteiger partial charge in [0.05, 0.1) is 17.0 Å². The molecule has 0 aliphatic heterocycles. The molecule has 1 aliphatic rings. The summed E-state index contributed by atoms with van der Waals surface area (Å²) in [5.41, 5.74) is 2.94. The first-order chi connectivity index (χ1) is 16.7. The van der Waals surface area contributed by atoms with Gasteiger partial charge in [-0.3, -0.25) is 9.10 Å². The zero-order valence-electron chi connectivity index (χ0n) is 20.7. The second kappa shape index (κ2) is 10.0. The van der Waals surface area contributed by atoms with Crippen LogP contribution in [0.25, 0.3) is 22.3 Å². The number of amides is 1. The quantitative estimate of drug-likeness (QED) is 0.367.